The number of aryl methyl sites for hydroxylation is 1. The second kappa shape index (κ2) is 25.1. The fourth-order valence-corrected chi connectivity index (χ4v) is 9.06. The first-order chi connectivity index (χ1) is 31.4. The van der Waals surface area contributed by atoms with Gasteiger partial charge in [0, 0.05) is 31.4 Å². The van der Waals surface area contributed by atoms with Gasteiger partial charge in [0.1, 0.15) is 17.4 Å². The minimum atomic E-state index is -0.980. The summed E-state index contributed by atoms with van der Waals surface area (Å²) in [6, 6.07) is 11.8. The van der Waals surface area contributed by atoms with Gasteiger partial charge in [-0.1, -0.05) is 78.7 Å². The predicted octanol–water partition coefficient (Wildman–Crippen LogP) is 9.20. The van der Waals surface area contributed by atoms with E-state index in [9.17, 15) is 19.5 Å². The molecule has 1 saturated carbocycles. The number of hydrogen-bond donors (Lipinski definition) is 4. The largest absolute Gasteiger partial charge is 0.481 e. The van der Waals surface area contributed by atoms with Gasteiger partial charge < -0.3 is 34.9 Å². The summed E-state index contributed by atoms with van der Waals surface area (Å²) in [5.41, 5.74) is 4.74. The summed E-state index contributed by atoms with van der Waals surface area (Å²) in [4.78, 5) is 49.4. The van der Waals surface area contributed by atoms with E-state index in [0.717, 1.165) is 61.0 Å². The number of aromatic nitrogens is 3. The highest BCUT2D eigenvalue weighted by Gasteiger charge is 2.36. The first kappa shape index (κ1) is 50.3. The van der Waals surface area contributed by atoms with Gasteiger partial charge in [-0.15, -0.1) is 0 Å². The van der Waals surface area contributed by atoms with Crippen LogP contribution < -0.4 is 20.3 Å². The Kier molecular flexibility index (Phi) is 19.4. The zero-order chi connectivity index (χ0) is 46.9. The molecule has 3 unspecified atom stereocenters. The van der Waals surface area contributed by atoms with Crippen LogP contribution >= 0.6 is 0 Å². The standard InChI is InChI=1S/C48H65N7O7.O2S/c1-7-8-9-10-11-12-13-14-15-41(47(58)50-21-20-42(56)57)61-40-19-16-31(2)28-37(40)51-36-29-35(17-18-39(36)54-22-24-60-25-23-54)45-52-46-43(38(49-6)30-55(46)53-45)48(59)62-44-33(4)26-32(3)27-34(44)5;1-3-2/h16-19,28-30,32-34,41,44,51H,7-15,20-27H2,1-5H3,(H,50,58)(H,52,53)(H,56,57);. The highest BCUT2D eigenvalue weighted by molar-refractivity contribution is 7.51. The molecule has 2 aromatic heterocycles. The highest BCUT2D eigenvalue weighted by atomic mass is 32.1. The number of benzene rings is 2. The quantitative estimate of drug-likeness (QED) is 0.0352. The minimum Gasteiger partial charge on any atom is -0.481 e. The van der Waals surface area contributed by atoms with Crippen LogP contribution in [0.3, 0.4) is 0 Å². The van der Waals surface area contributed by atoms with Crippen molar-refractivity contribution in [1.29, 1.82) is 0 Å². The van der Waals surface area contributed by atoms with Crippen molar-refractivity contribution in [2.45, 2.75) is 124 Å². The number of fused-ring (bicyclic) bond motifs is 1. The summed E-state index contributed by atoms with van der Waals surface area (Å²) in [7, 11) is 0. The summed E-state index contributed by atoms with van der Waals surface area (Å²) >= 11 is -0.750. The number of esters is 1. The van der Waals surface area contributed by atoms with E-state index < -0.39 is 29.6 Å². The maximum atomic E-state index is 13.8. The van der Waals surface area contributed by atoms with E-state index in [0.29, 0.717) is 61.6 Å². The van der Waals surface area contributed by atoms with Gasteiger partial charge in [-0.3, -0.25) is 19.2 Å². The first-order valence-corrected chi connectivity index (χ1v) is 23.7. The molecule has 2 fully saturated rings. The molecule has 65 heavy (non-hydrogen) atoms. The summed E-state index contributed by atoms with van der Waals surface area (Å²) in [6.45, 7) is 21.1. The summed E-state index contributed by atoms with van der Waals surface area (Å²) in [5, 5.41) is 18.9. The number of nitrogens with one attached hydrogen (secondary N) is 3. The van der Waals surface area contributed by atoms with E-state index in [1.54, 1.807) is 10.7 Å². The average Bonchev–Trinajstić information content (AvgIpc) is 3.85. The van der Waals surface area contributed by atoms with Crippen molar-refractivity contribution in [2.24, 2.45) is 17.8 Å². The Bertz CT molecular complexity index is 2280. The lowest BCUT2D eigenvalue weighted by Crippen LogP contribution is -2.39. The number of amides is 1. The fraction of sp³-hybridized carbons (Fsp3) is 0.562. The molecule has 3 heterocycles. The van der Waals surface area contributed by atoms with Gasteiger partial charge in [0.05, 0.1) is 43.3 Å². The number of hydrogen-bond acceptors (Lipinski definition) is 11. The molecule has 0 radical (unpaired) electrons. The molecule has 17 heteroatoms. The Hall–Kier alpha value is -5.73. The number of aliphatic carboxylic acids is 1. The third kappa shape index (κ3) is 14.1. The molecule has 3 atom stereocenters. The van der Waals surface area contributed by atoms with Crippen LogP contribution in [0.2, 0.25) is 0 Å². The third-order valence-electron chi connectivity index (χ3n) is 12.2. The molecule has 1 aliphatic heterocycles. The summed E-state index contributed by atoms with van der Waals surface area (Å²) < 4.78 is 36.6. The number of morpholine rings is 1. The molecule has 1 saturated heterocycles. The van der Waals surface area contributed by atoms with Crippen LogP contribution in [-0.4, -0.2) is 91.0 Å². The fourth-order valence-electron chi connectivity index (χ4n) is 9.06. The number of carboxylic acid groups (broad SMARTS) is 1. The lowest BCUT2D eigenvalue weighted by atomic mass is 9.75. The van der Waals surface area contributed by atoms with Crippen LogP contribution in [0.25, 0.3) is 21.9 Å². The van der Waals surface area contributed by atoms with Crippen molar-refractivity contribution in [3.63, 3.8) is 0 Å². The van der Waals surface area contributed by atoms with Crippen molar-refractivity contribution in [1.82, 2.24) is 19.9 Å². The van der Waals surface area contributed by atoms with Gasteiger partial charge in [0.2, 0.25) is 5.69 Å². The van der Waals surface area contributed by atoms with Crippen LogP contribution in [0.4, 0.5) is 22.7 Å². The molecule has 4 aromatic rings. The van der Waals surface area contributed by atoms with Crippen molar-refractivity contribution in [3.8, 4) is 17.1 Å². The molecular formula is C48H65N7O9S. The third-order valence-corrected chi connectivity index (χ3v) is 12.2. The molecule has 2 aromatic carbocycles. The number of aromatic amines is 1. The maximum Gasteiger partial charge on any atom is 0.335 e. The average molecular weight is 916 g/mol. The Morgan fingerprint density at radius 2 is 1.66 bits per heavy atom. The predicted molar refractivity (Wildman–Crippen MR) is 250 cm³/mol. The zero-order valence-corrected chi connectivity index (χ0v) is 39.2. The number of carboxylic acids is 1. The monoisotopic (exact) mass is 915 g/mol. The number of carbonyl (C=O) groups excluding carboxylic acids is 2. The smallest absolute Gasteiger partial charge is 0.335 e. The van der Waals surface area contributed by atoms with Crippen molar-refractivity contribution in [3.05, 3.63) is 65.1 Å². The van der Waals surface area contributed by atoms with E-state index in [2.05, 4.69) is 53.2 Å². The molecule has 2 aliphatic rings. The van der Waals surface area contributed by atoms with E-state index in [1.165, 1.54) is 25.7 Å². The number of ether oxygens (including phenoxy) is 3. The summed E-state index contributed by atoms with van der Waals surface area (Å²) in [6.07, 6.45) is 11.7. The lowest BCUT2D eigenvalue weighted by Gasteiger charge is -2.37. The number of H-pyrrole nitrogens is 1. The van der Waals surface area contributed by atoms with Gasteiger partial charge in [0.25, 0.3) is 5.91 Å². The van der Waals surface area contributed by atoms with Gasteiger partial charge in [0.15, 0.2) is 17.6 Å². The zero-order valence-electron chi connectivity index (χ0n) is 38.4. The summed E-state index contributed by atoms with van der Waals surface area (Å²) in [5.74, 6) is 0.109. The SMILES string of the molecule is O=S=O.[C-]#[N+]c1cn2[nH]c(-c3ccc(N4CCOCC4)c(Nc4cc(C)ccc4OC(CCCCCCCCCC)C(=O)NCCC(=O)O)c3)nc2c1C(=O)OC1C(C)CC(C)CC1C. The number of anilines is 3. The van der Waals surface area contributed by atoms with Crippen molar-refractivity contribution in [2.75, 3.05) is 43.1 Å². The molecule has 1 aliphatic carbocycles. The lowest BCUT2D eigenvalue weighted by molar-refractivity contribution is -0.137. The van der Waals surface area contributed by atoms with E-state index >= 15 is 0 Å². The molecular weight excluding hydrogens is 851 g/mol. The first-order valence-electron chi connectivity index (χ1n) is 23.0. The molecule has 1 amide bonds. The number of carbonyl (C=O) groups is 3. The topological polar surface area (TPSA) is 198 Å². The van der Waals surface area contributed by atoms with Crippen LogP contribution in [0.15, 0.2) is 42.6 Å². The van der Waals surface area contributed by atoms with Crippen LogP contribution in [0.1, 0.15) is 121 Å². The maximum absolute atomic E-state index is 13.8. The minimum absolute atomic E-state index is 0.0162. The molecule has 0 bridgehead atoms. The Balaban J connectivity index is 0.00000257. The van der Waals surface area contributed by atoms with Gasteiger partial charge in [-0.25, -0.2) is 14.6 Å². The second-order valence-corrected chi connectivity index (χ2v) is 17.6. The van der Waals surface area contributed by atoms with Gasteiger partial charge in [-0.2, -0.15) is 8.42 Å². The van der Waals surface area contributed by atoms with Crippen LogP contribution in [0.5, 0.6) is 5.75 Å². The number of unbranched alkanes of at least 4 members (excludes halogenated alkanes) is 7. The number of rotatable bonds is 21. The molecule has 352 valence electrons. The molecule has 0 spiro atoms. The Morgan fingerprint density at radius 3 is 2.32 bits per heavy atom. The second-order valence-electron chi connectivity index (χ2n) is 17.5. The van der Waals surface area contributed by atoms with Crippen LogP contribution in [-0.2, 0) is 30.6 Å². The number of nitrogens with zero attached hydrogens (tertiary/aromatic N) is 4. The molecule has 16 nitrogen and oxygen atoms in total. The van der Waals surface area contributed by atoms with Crippen molar-refractivity contribution >= 4 is 57.8 Å². The van der Waals surface area contributed by atoms with E-state index in [-0.39, 0.29) is 48.1 Å². The molecule has 6 rings (SSSR count). The normalized spacial score (nSPS) is 18.7. The van der Waals surface area contributed by atoms with E-state index in [1.807, 2.05) is 43.3 Å². The molecule has 4 N–H and O–H groups in total. The van der Waals surface area contributed by atoms with Crippen LogP contribution in [0, 0.1) is 31.2 Å². The van der Waals surface area contributed by atoms with E-state index in [4.69, 9.17) is 34.2 Å². The highest BCUT2D eigenvalue weighted by Crippen LogP contribution is 2.39. The van der Waals surface area contributed by atoms with Gasteiger partial charge >= 0.3 is 23.5 Å². The van der Waals surface area contributed by atoms with Gasteiger partial charge in [-0.05, 0) is 86.3 Å². The Labute approximate surface area is 385 Å². The Morgan fingerprint density at radius 1 is 0.985 bits per heavy atom. The van der Waals surface area contributed by atoms with Crippen molar-refractivity contribution < 1.29 is 42.1 Å².